The van der Waals surface area contributed by atoms with E-state index in [1.807, 2.05) is 0 Å². The first-order valence-corrected chi connectivity index (χ1v) is 8.58. The molecule has 2 aromatic rings. The Morgan fingerprint density at radius 3 is 2.57 bits per heavy atom. The second-order valence-electron chi connectivity index (χ2n) is 4.34. The molecule has 0 saturated heterocycles. The summed E-state index contributed by atoms with van der Waals surface area (Å²) in [6.07, 6.45) is 0. The van der Waals surface area contributed by atoms with Crippen LogP contribution >= 0.6 is 23.6 Å². The van der Waals surface area contributed by atoms with Crippen molar-refractivity contribution in [2.45, 2.75) is 10.8 Å². The van der Waals surface area contributed by atoms with Gasteiger partial charge >= 0.3 is 0 Å². The molecule has 0 fully saturated rings. The Hall–Kier alpha value is -1.35. The number of halogens is 1. The molecule has 2 rings (SSSR count). The van der Waals surface area contributed by atoms with Crippen LogP contribution in [0.1, 0.15) is 10.4 Å². The average molecular weight is 344 g/mol. The average Bonchev–Trinajstić information content (AvgIpc) is 2.91. The van der Waals surface area contributed by atoms with E-state index in [4.69, 9.17) is 18.0 Å². The molecule has 1 heterocycles. The third-order valence-corrected chi connectivity index (χ3v) is 6.58. The second-order valence-corrected chi connectivity index (χ2v) is 8.13. The van der Waals surface area contributed by atoms with Crippen molar-refractivity contribution in [2.24, 2.45) is 5.73 Å². The number of sulfonamides is 1. The molecule has 0 aliphatic heterocycles. The molecule has 1 aromatic heterocycles. The highest BCUT2D eigenvalue weighted by Crippen LogP contribution is 2.25. The molecule has 4 nitrogen and oxygen atoms in total. The van der Waals surface area contributed by atoms with Gasteiger partial charge in [-0.05, 0) is 18.2 Å². The standard InChI is InChI=1S/C13H13FN2O2S3/c1-16(8-9-4-2-3-5-10(9)14)21(17,18)12-7-6-11(20-12)13(15)19/h2-7H,8H2,1H3,(H2,15,19). The Balaban J connectivity index is 2.26. The molecule has 0 amide bonds. The van der Waals surface area contributed by atoms with E-state index in [2.05, 4.69) is 0 Å². The zero-order valence-electron chi connectivity index (χ0n) is 11.1. The monoisotopic (exact) mass is 344 g/mol. The molecule has 0 atom stereocenters. The zero-order valence-corrected chi connectivity index (χ0v) is 13.6. The number of benzene rings is 1. The molecule has 0 bridgehead atoms. The molecule has 0 radical (unpaired) electrons. The van der Waals surface area contributed by atoms with Crippen molar-refractivity contribution in [3.63, 3.8) is 0 Å². The van der Waals surface area contributed by atoms with E-state index in [-0.39, 0.29) is 15.7 Å². The molecule has 0 spiro atoms. The van der Waals surface area contributed by atoms with Crippen molar-refractivity contribution in [1.29, 1.82) is 0 Å². The molecule has 2 N–H and O–H groups in total. The van der Waals surface area contributed by atoms with Gasteiger partial charge in [-0.3, -0.25) is 0 Å². The Morgan fingerprint density at radius 1 is 1.33 bits per heavy atom. The van der Waals surface area contributed by atoms with Crippen molar-refractivity contribution < 1.29 is 12.8 Å². The Morgan fingerprint density at radius 2 is 2.00 bits per heavy atom. The van der Waals surface area contributed by atoms with Crippen LogP contribution in [0.5, 0.6) is 0 Å². The molecule has 0 saturated carbocycles. The van der Waals surface area contributed by atoms with Gasteiger partial charge in [0.1, 0.15) is 15.0 Å². The minimum Gasteiger partial charge on any atom is -0.389 e. The highest BCUT2D eigenvalue weighted by molar-refractivity contribution is 7.91. The van der Waals surface area contributed by atoms with Crippen LogP contribution in [0.3, 0.4) is 0 Å². The lowest BCUT2D eigenvalue weighted by molar-refractivity contribution is 0.458. The van der Waals surface area contributed by atoms with Gasteiger partial charge in [0.05, 0.1) is 4.88 Å². The summed E-state index contributed by atoms with van der Waals surface area (Å²) in [6.45, 7) is -0.0463. The smallest absolute Gasteiger partial charge is 0.252 e. The van der Waals surface area contributed by atoms with Crippen molar-refractivity contribution >= 4 is 38.6 Å². The van der Waals surface area contributed by atoms with E-state index in [9.17, 15) is 12.8 Å². The normalized spacial score (nSPS) is 11.8. The van der Waals surface area contributed by atoms with Crippen LogP contribution < -0.4 is 5.73 Å². The number of thiophene rings is 1. The van der Waals surface area contributed by atoms with Crippen LogP contribution in [0.15, 0.2) is 40.6 Å². The summed E-state index contributed by atoms with van der Waals surface area (Å²) >= 11 is 5.82. The minimum absolute atomic E-state index is 0.0463. The summed E-state index contributed by atoms with van der Waals surface area (Å²) in [4.78, 5) is 0.682. The molecular weight excluding hydrogens is 331 g/mol. The fourth-order valence-corrected chi connectivity index (χ4v) is 4.41. The van der Waals surface area contributed by atoms with Gasteiger partial charge in [-0.2, -0.15) is 4.31 Å². The van der Waals surface area contributed by atoms with Crippen LogP contribution in [0.4, 0.5) is 4.39 Å². The largest absolute Gasteiger partial charge is 0.389 e. The van der Waals surface area contributed by atoms with E-state index >= 15 is 0 Å². The van der Waals surface area contributed by atoms with Gasteiger partial charge in [-0.1, -0.05) is 30.4 Å². The van der Waals surface area contributed by atoms with Gasteiger partial charge in [-0.25, -0.2) is 12.8 Å². The molecule has 1 aromatic carbocycles. The van der Waals surface area contributed by atoms with E-state index in [0.29, 0.717) is 10.4 Å². The molecule has 0 aliphatic rings. The summed E-state index contributed by atoms with van der Waals surface area (Å²) in [5, 5.41) is 0. The van der Waals surface area contributed by atoms with Crippen LogP contribution in [-0.4, -0.2) is 24.8 Å². The summed E-state index contributed by atoms with van der Waals surface area (Å²) in [6, 6.07) is 9.08. The van der Waals surface area contributed by atoms with Crippen LogP contribution in [0, 0.1) is 5.82 Å². The van der Waals surface area contributed by atoms with E-state index in [0.717, 1.165) is 15.6 Å². The SMILES string of the molecule is CN(Cc1ccccc1F)S(=O)(=O)c1ccc(C(N)=S)s1. The van der Waals surface area contributed by atoms with E-state index in [1.165, 1.54) is 19.2 Å². The van der Waals surface area contributed by atoms with Crippen molar-refractivity contribution in [3.8, 4) is 0 Å². The quantitative estimate of drug-likeness (QED) is 0.846. The summed E-state index contributed by atoms with van der Waals surface area (Å²) in [5.74, 6) is -0.436. The summed E-state index contributed by atoms with van der Waals surface area (Å²) in [7, 11) is -2.29. The molecule has 21 heavy (non-hydrogen) atoms. The van der Waals surface area contributed by atoms with Gasteiger partial charge in [0.2, 0.25) is 0 Å². The van der Waals surface area contributed by atoms with Gasteiger partial charge in [0.25, 0.3) is 10.0 Å². The van der Waals surface area contributed by atoms with Crippen LogP contribution in [0.2, 0.25) is 0 Å². The number of hydrogen-bond donors (Lipinski definition) is 1. The van der Waals surface area contributed by atoms with Gasteiger partial charge in [-0.15, -0.1) is 11.3 Å². The topological polar surface area (TPSA) is 63.4 Å². The summed E-state index contributed by atoms with van der Waals surface area (Å²) < 4.78 is 39.7. The Kier molecular flexibility index (Phi) is 4.72. The second kappa shape index (κ2) is 6.18. The lowest BCUT2D eigenvalue weighted by Crippen LogP contribution is -2.26. The number of rotatable bonds is 5. The third-order valence-electron chi connectivity index (χ3n) is 2.84. The number of nitrogens with zero attached hydrogens (tertiary/aromatic N) is 1. The molecule has 112 valence electrons. The predicted octanol–water partition coefficient (Wildman–Crippen LogP) is 2.34. The minimum atomic E-state index is -3.70. The molecular formula is C13H13FN2O2S3. The first-order valence-electron chi connectivity index (χ1n) is 5.92. The fourth-order valence-electron chi connectivity index (χ4n) is 1.70. The third kappa shape index (κ3) is 3.46. The number of thiocarbonyl (C=S) groups is 1. The fraction of sp³-hybridized carbons (Fsp3) is 0.154. The van der Waals surface area contributed by atoms with Gasteiger partial charge in [0, 0.05) is 19.2 Å². The number of hydrogen-bond acceptors (Lipinski definition) is 4. The molecule has 0 unspecified atom stereocenters. The maximum Gasteiger partial charge on any atom is 0.252 e. The summed E-state index contributed by atoms with van der Waals surface area (Å²) in [5.41, 5.74) is 5.79. The Labute approximate surface area is 132 Å². The van der Waals surface area contributed by atoms with Crippen LogP contribution in [-0.2, 0) is 16.6 Å². The van der Waals surface area contributed by atoms with Crippen molar-refractivity contribution in [1.82, 2.24) is 4.31 Å². The lowest BCUT2D eigenvalue weighted by Gasteiger charge is -2.16. The number of nitrogens with two attached hydrogens (primary N) is 1. The lowest BCUT2D eigenvalue weighted by atomic mass is 10.2. The maximum absolute atomic E-state index is 13.6. The van der Waals surface area contributed by atoms with E-state index < -0.39 is 15.8 Å². The highest BCUT2D eigenvalue weighted by atomic mass is 32.2. The van der Waals surface area contributed by atoms with Gasteiger partial charge < -0.3 is 5.73 Å². The first-order chi connectivity index (χ1) is 9.82. The first kappa shape index (κ1) is 16.0. The van der Waals surface area contributed by atoms with Crippen molar-refractivity contribution in [3.05, 3.63) is 52.7 Å². The zero-order chi connectivity index (χ0) is 15.6. The Bertz CT molecular complexity index is 771. The van der Waals surface area contributed by atoms with Crippen molar-refractivity contribution in [2.75, 3.05) is 7.05 Å². The predicted molar refractivity (Wildman–Crippen MR) is 85.3 cm³/mol. The molecule has 0 aliphatic carbocycles. The molecule has 8 heteroatoms. The van der Waals surface area contributed by atoms with E-state index in [1.54, 1.807) is 24.3 Å². The highest BCUT2D eigenvalue weighted by Gasteiger charge is 2.24. The maximum atomic E-state index is 13.6. The van der Waals surface area contributed by atoms with Crippen LogP contribution in [0.25, 0.3) is 0 Å². The van der Waals surface area contributed by atoms with Gasteiger partial charge in [0.15, 0.2) is 0 Å².